The molecule has 1 N–H and O–H groups in total. The number of carbonyl (C=O) groups is 1. The van der Waals surface area contributed by atoms with Crippen molar-refractivity contribution in [1.82, 2.24) is 15.2 Å². The molecule has 21 heavy (non-hydrogen) atoms. The van der Waals surface area contributed by atoms with Gasteiger partial charge in [-0.1, -0.05) is 6.07 Å². The fourth-order valence-electron chi connectivity index (χ4n) is 1.88. The average molecular weight is 284 g/mol. The van der Waals surface area contributed by atoms with Gasteiger partial charge in [0.15, 0.2) is 6.29 Å². The number of nitro groups is 1. The van der Waals surface area contributed by atoms with Gasteiger partial charge in [-0.15, -0.1) is 0 Å². The van der Waals surface area contributed by atoms with E-state index in [4.69, 9.17) is 4.74 Å². The molecule has 8 nitrogen and oxygen atoms in total. The van der Waals surface area contributed by atoms with Crippen molar-refractivity contribution in [3.8, 4) is 11.6 Å². The Balaban J connectivity index is 1.99. The van der Waals surface area contributed by atoms with Crippen LogP contribution in [-0.4, -0.2) is 26.4 Å². The summed E-state index contributed by atoms with van der Waals surface area (Å²) in [6.07, 6.45) is 1.75. The van der Waals surface area contributed by atoms with Gasteiger partial charge in [0.2, 0.25) is 5.88 Å². The molecule has 0 bridgehead atoms. The quantitative estimate of drug-likeness (QED) is 0.447. The Morgan fingerprint density at radius 2 is 2.14 bits per heavy atom. The van der Waals surface area contributed by atoms with Gasteiger partial charge in [0.1, 0.15) is 17.6 Å². The second kappa shape index (κ2) is 5.00. The van der Waals surface area contributed by atoms with Crippen molar-refractivity contribution >= 4 is 22.9 Å². The fraction of sp³-hybridized carbons (Fsp3) is 0. The zero-order valence-electron chi connectivity index (χ0n) is 10.5. The minimum Gasteiger partial charge on any atom is -0.438 e. The van der Waals surface area contributed by atoms with Crippen molar-refractivity contribution in [2.24, 2.45) is 0 Å². The first-order chi connectivity index (χ1) is 10.2. The maximum absolute atomic E-state index is 11.0. The van der Waals surface area contributed by atoms with Crippen LogP contribution in [-0.2, 0) is 0 Å². The van der Waals surface area contributed by atoms with Gasteiger partial charge in [0.05, 0.1) is 15.8 Å². The summed E-state index contributed by atoms with van der Waals surface area (Å²) in [5.74, 6) is 0.579. The Hall–Kier alpha value is -3.29. The second-order valence-electron chi connectivity index (χ2n) is 4.12. The van der Waals surface area contributed by atoms with E-state index in [1.54, 1.807) is 18.2 Å². The first kappa shape index (κ1) is 12.7. The third-order valence-corrected chi connectivity index (χ3v) is 2.83. The minimum atomic E-state index is -0.544. The summed E-state index contributed by atoms with van der Waals surface area (Å²) < 4.78 is 5.57. The highest BCUT2D eigenvalue weighted by Gasteiger charge is 2.12. The minimum absolute atomic E-state index is 0.127. The Morgan fingerprint density at radius 3 is 2.81 bits per heavy atom. The first-order valence-corrected chi connectivity index (χ1v) is 5.89. The van der Waals surface area contributed by atoms with Gasteiger partial charge in [-0.05, 0) is 12.1 Å². The molecule has 0 saturated carbocycles. The molecule has 0 unspecified atom stereocenters. The predicted molar refractivity (Wildman–Crippen MR) is 72.4 cm³/mol. The standard InChI is InChI=1S/C13H8N4O4/c18-7-10-13-9(15-16-10)2-1-3-11(13)21-12-5-4-8(6-14-12)17(19)20/h1-7H,(H,15,16). The number of aromatic amines is 1. The number of rotatable bonds is 4. The van der Waals surface area contributed by atoms with E-state index in [-0.39, 0.29) is 11.6 Å². The number of aldehydes is 1. The Morgan fingerprint density at radius 1 is 1.29 bits per heavy atom. The van der Waals surface area contributed by atoms with E-state index in [0.717, 1.165) is 6.20 Å². The molecule has 1 aromatic carbocycles. The summed E-state index contributed by atoms with van der Waals surface area (Å²) in [6, 6.07) is 7.79. The highest BCUT2D eigenvalue weighted by atomic mass is 16.6. The van der Waals surface area contributed by atoms with Crippen LogP contribution < -0.4 is 4.74 Å². The molecule has 0 aliphatic rings. The summed E-state index contributed by atoms with van der Waals surface area (Å²) in [5, 5.41) is 17.7. The fourth-order valence-corrected chi connectivity index (χ4v) is 1.88. The summed E-state index contributed by atoms with van der Waals surface area (Å²) in [7, 11) is 0. The van der Waals surface area contributed by atoms with Gasteiger partial charge in [-0.25, -0.2) is 4.98 Å². The van der Waals surface area contributed by atoms with E-state index >= 15 is 0 Å². The lowest BCUT2D eigenvalue weighted by atomic mass is 10.2. The molecule has 2 heterocycles. The van der Waals surface area contributed by atoms with Gasteiger partial charge < -0.3 is 4.74 Å². The predicted octanol–water partition coefficient (Wildman–Crippen LogP) is 2.47. The number of carbonyl (C=O) groups excluding carboxylic acids is 1. The number of hydrogen-bond donors (Lipinski definition) is 1. The molecule has 0 amide bonds. The van der Waals surface area contributed by atoms with Crippen LogP contribution in [0.15, 0.2) is 36.5 Å². The van der Waals surface area contributed by atoms with Crippen LogP contribution in [0, 0.1) is 10.1 Å². The van der Waals surface area contributed by atoms with Crippen LogP contribution in [0.4, 0.5) is 5.69 Å². The molecule has 0 aliphatic heterocycles. The number of fused-ring (bicyclic) bond motifs is 1. The smallest absolute Gasteiger partial charge is 0.287 e. The summed E-state index contributed by atoms with van der Waals surface area (Å²) in [5.41, 5.74) is 0.747. The van der Waals surface area contributed by atoms with Gasteiger partial charge >= 0.3 is 0 Å². The molecule has 0 aliphatic carbocycles. The van der Waals surface area contributed by atoms with Crippen molar-refractivity contribution in [2.45, 2.75) is 0 Å². The van der Waals surface area contributed by atoms with Crippen molar-refractivity contribution < 1.29 is 14.5 Å². The number of hydrogen-bond acceptors (Lipinski definition) is 6. The summed E-state index contributed by atoms with van der Waals surface area (Å²) in [6.45, 7) is 0. The maximum atomic E-state index is 11.0. The number of pyridine rings is 1. The summed E-state index contributed by atoms with van der Waals surface area (Å²) >= 11 is 0. The van der Waals surface area contributed by atoms with Crippen LogP contribution in [0.25, 0.3) is 10.9 Å². The van der Waals surface area contributed by atoms with Crippen LogP contribution in [0.1, 0.15) is 10.5 Å². The molecule has 3 rings (SSSR count). The Labute approximate surface area is 117 Å². The third-order valence-electron chi connectivity index (χ3n) is 2.83. The molecular formula is C13H8N4O4. The van der Waals surface area contributed by atoms with E-state index in [1.165, 1.54) is 12.1 Å². The molecular weight excluding hydrogens is 276 g/mol. The number of aromatic nitrogens is 3. The van der Waals surface area contributed by atoms with Crippen LogP contribution >= 0.6 is 0 Å². The zero-order valence-corrected chi connectivity index (χ0v) is 10.5. The third kappa shape index (κ3) is 2.29. The second-order valence-corrected chi connectivity index (χ2v) is 4.12. The van der Waals surface area contributed by atoms with Gasteiger partial charge in [-0.3, -0.25) is 20.0 Å². The first-order valence-electron chi connectivity index (χ1n) is 5.89. The average Bonchev–Trinajstić information content (AvgIpc) is 2.92. The van der Waals surface area contributed by atoms with Crippen molar-refractivity contribution in [3.05, 3.63) is 52.3 Å². The van der Waals surface area contributed by atoms with E-state index in [0.29, 0.717) is 28.6 Å². The zero-order chi connectivity index (χ0) is 14.8. The number of H-pyrrole nitrogens is 1. The monoisotopic (exact) mass is 284 g/mol. The molecule has 104 valence electrons. The maximum Gasteiger partial charge on any atom is 0.287 e. The molecule has 0 fully saturated rings. The lowest BCUT2D eigenvalue weighted by Crippen LogP contribution is -1.92. The highest BCUT2D eigenvalue weighted by Crippen LogP contribution is 2.30. The van der Waals surface area contributed by atoms with Crippen molar-refractivity contribution in [3.63, 3.8) is 0 Å². The van der Waals surface area contributed by atoms with E-state index in [9.17, 15) is 14.9 Å². The number of nitrogens with zero attached hydrogens (tertiary/aromatic N) is 3. The number of nitrogens with one attached hydrogen (secondary N) is 1. The van der Waals surface area contributed by atoms with Crippen LogP contribution in [0.2, 0.25) is 0 Å². The molecule has 2 aromatic heterocycles. The number of benzene rings is 1. The van der Waals surface area contributed by atoms with Crippen molar-refractivity contribution in [1.29, 1.82) is 0 Å². The highest BCUT2D eigenvalue weighted by molar-refractivity contribution is 5.98. The Kier molecular flexibility index (Phi) is 3.03. The SMILES string of the molecule is O=Cc1[nH]nc2cccc(Oc3ccc([N+](=O)[O-])cn3)c12. The largest absolute Gasteiger partial charge is 0.438 e. The van der Waals surface area contributed by atoms with Crippen LogP contribution in [0.5, 0.6) is 11.6 Å². The van der Waals surface area contributed by atoms with Gasteiger partial charge in [-0.2, -0.15) is 5.10 Å². The lowest BCUT2D eigenvalue weighted by molar-refractivity contribution is -0.385. The van der Waals surface area contributed by atoms with Gasteiger partial charge in [0, 0.05) is 12.1 Å². The lowest BCUT2D eigenvalue weighted by Gasteiger charge is -2.05. The molecule has 8 heteroatoms. The van der Waals surface area contributed by atoms with E-state index < -0.39 is 4.92 Å². The Bertz CT molecular complexity index is 826. The van der Waals surface area contributed by atoms with Crippen LogP contribution in [0.3, 0.4) is 0 Å². The number of ether oxygens (including phenoxy) is 1. The normalized spacial score (nSPS) is 10.5. The summed E-state index contributed by atoms with van der Waals surface area (Å²) in [4.78, 5) is 24.9. The van der Waals surface area contributed by atoms with E-state index in [1.807, 2.05) is 0 Å². The topological polar surface area (TPSA) is 111 Å². The molecule has 0 atom stereocenters. The van der Waals surface area contributed by atoms with Gasteiger partial charge in [0.25, 0.3) is 5.69 Å². The van der Waals surface area contributed by atoms with Crippen molar-refractivity contribution in [2.75, 3.05) is 0 Å². The molecule has 0 radical (unpaired) electrons. The van der Waals surface area contributed by atoms with E-state index in [2.05, 4.69) is 15.2 Å². The molecule has 3 aromatic rings. The molecule has 0 saturated heterocycles. The molecule has 0 spiro atoms.